The van der Waals surface area contributed by atoms with Gasteiger partial charge in [-0.15, -0.1) is 6.42 Å². The van der Waals surface area contributed by atoms with Gasteiger partial charge in [0.2, 0.25) is 11.7 Å². The quantitative estimate of drug-likeness (QED) is 0.291. The highest BCUT2D eigenvalue weighted by atomic mass is 16.7. The number of nitrogens with zero attached hydrogens (tertiary/aromatic N) is 1. The number of aromatic amines is 1. The second kappa shape index (κ2) is 10.1. The summed E-state index contributed by atoms with van der Waals surface area (Å²) in [6.45, 7) is 3.66. The Hall–Kier alpha value is -3.92. The number of hydrogen-bond donors (Lipinski definition) is 1. The Bertz CT molecular complexity index is 1100. The molecule has 1 aliphatic rings. The molecule has 1 aliphatic heterocycles. The zero-order valence-electron chi connectivity index (χ0n) is 18.2. The van der Waals surface area contributed by atoms with Crippen molar-refractivity contribution >= 4 is 23.9 Å². The first kappa shape index (κ1) is 25.3. The monoisotopic (exact) mass is 466 g/mol. The molecule has 1 aromatic heterocycles. The van der Waals surface area contributed by atoms with Gasteiger partial charge in [0.25, 0.3) is 5.56 Å². The summed E-state index contributed by atoms with van der Waals surface area (Å²) >= 11 is 0. The number of rotatable bonds is 7. The zero-order chi connectivity index (χ0) is 24.9. The zero-order valence-corrected chi connectivity index (χ0v) is 18.2. The Morgan fingerprint density at radius 2 is 1.82 bits per heavy atom. The SMILES string of the molecule is C#C[C@@]1(OC(C)=O)[C@@H]([C@@H](COC(C)=O)OC(C)=O)O[C@@H](n2ccc(=O)[nH]c2=O)[C@@H]1OC(C)=O. The summed E-state index contributed by atoms with van der Waals surface area (Å²) in [5.74, 6) is -1.11. The Balaban J connectivity index is 2.72. The highest BCUT2D eigenvalue weighted by Gasteiger charge is 2.65. The molecule has 1 fully saturated rings. The lowest BCUT2D eigenvalue weighted by Gasteiger charge is -2.35. The third kappa shape index (κ3) is 5.66. The summed E-state index contributed by atoms with van der Waals surface area (Å²) in [5.41, 5.74) is -3.90. The van der Waals surface area contributed by atoms with Gasteiger partial charge in [-0.05, 0) is 0 Å². The predicted octanol–water partition coefficient (Wildman–Crippen LogP) is -1.20. The van der Waals surface area contributed by atoms with Crippen LogP contribution in [0.5, 0.6) is 0 Å². The van der Waals surface area contributed by atoms with Crippen molar-refractivity contribution in [3.63, 3.8) is 0 Å². The number of nitrogens with one attached hydrogen (secondary N) is 1. The van der Waals surface area contributed by atoms with Crippen LogP contribution in [-0.2, 0) is 42.9 Å². The molecule has 0 spiro atoms. The average molecular weight is 466 g/mol. The van der Waals surface area contributed by atoms with Crippen molar-refractivity contribution in [1.29, 1.82) is 0 Å². The van der Waals surface area contributed by atoms with Gasteiger partial charge in [0.15, 0.2) is 18.4 Å². The third-order valence-electron chi connectivity index (χ3n) is 4.45. The standard InChI is InChI=1S/C20H22N2O11/c1-6-20(33-13(5)26)16(14(30-11(3)24)9-29-10(2)23)32-18(17(20)31-12(4)25)22-8-7-15(27)21-19(22)28/h1,7-8,14,16-18H,9H2,2-5H3,(H,21,27,28)/t14-,16-,17+,18-,20-/m1/s1. The molecule has 2 heterocycles. The van der Waals surface area contributed by atoms with E-state index in [1.165, 1.54) is 0 Å². The fourth-order valence-corrected chi connectivity index (χ4v) is 3.37. The molecule has 0 radical (unpaired) electrons. The summed E-state index contributed by atoms with van der Waals surface area (Å²) < 4.78 is 27.5. The van der Waals surface area contributed by atoms with Crippen LogP contribution in [0.3, 0.4) is 0 Å². The van der Waals surface area contributed by atoms with Crippen LogP contribution < -0.4 is 11.2 Å². The van der Waals surface area contributed by atoms with E-state index in [1.807, 2.05) is 4.98 Å². The van der Waals surface area contributed by atoms with E-state index in [9.17, 15) is 28.8 Å². The van der Waals surface area contributed by atoms with Crippen LogP contribution in [-0.4, -0.2) is 63.9 Å². The maximum Gasteiger partial charge on any atom is 0.330 e. The molecule has 1 aromatic rings. The van der Waals surface area contributed by atoms with Gasteiger partial charge in [-0.25, -0.2) is 4.79 Å². The molecule has 33 heavy (non-hydrogen) atoms. The maximum atomic E-state index is 12.4. The van der Waals surface area contributed by atoms with Gasteiger partial charge < -0.3 is 23.7 Å². The minimum absolute atomic E-state index is 0.565. The van der Waals surface area contributed by atoms with Crippen LogP contribution in [0.25, 0.3) is 0 Å². The largest absolute Gasteiger partial charge is 0.462 e. The molecule has 0 saturated carbocycles. The molecule has 0 aliphatic carbocycles. The second-order valence-corrected chi connectivity index (χ2v) is 6.98. The van der Waals surface area contributed by atoms with Crippen LogP contribution in [0.1, 0.15) is 33.9 Å². The van der Waals surface area contributed by atoms with Crippen molar-refractivity contribution in [2.24, 2.45) is 0 Å². The number of carbonyl (C=O) groups excluding carboxylic acids is 4. The van der Waals surface area contributed by atoms with Crippen LogP contribution in [0.4, 0.5) is 0 Å². The van der Waals surface area contributed by atoms with Gasteiger partial charge in [0.05, 0.1) is 0 Å². The minimum Gasteiger partial charge on any atom is -0.462 e. The van der Waals surface area contributed by atoms with Gasteiger partial charge in [0.1, 0.15) is 6.61 Å². The van der Waals surface area contributed by atoms with E-state index in [1.54, 1.807) is 0 Å². The number of carbonyl (C=O) groups is 4. The van der Waals surface area contributed by atoms with E-state index in [2.05, 4.69) is 5.92 Å². The summed E-state index contributed by atoms with van der Waals surface area (Å²) in [4.78, 5) is 72.9. The van der Waals surface area contributed by atoms with E-state index in [0.717, 1.165) is 44.5 Å². The van der Waals surface area contributed by atoms with Crippen LogP contribution >= 0.6 is 0 Å². The molecular formula is C20H22N2O11. The van der Waals surface area contributed by atoms with Crippen molar-refractivity contribution < 1.29 is 42.9 Å². The molecule has 5 atom stereocenters. The Morgan fingerprint density at radius 1 is 1.15 bits per heavy atom. The number of H-pyrrole nitrogens is 1. The molecule has 1 saturated heterocycles. The van der Waals surface area contributed by atoms with Gasteiger partial charge in [0, 0.05) is 40.0 Å². The lowest BCUT2D eigenvalue weighted by atomic mass is 9.89. The Morgan fingerprint density at radius 3 is 2.30 bits per heavy atom. The van der Waals surface area contributed by atoms with Gasteiger partial charge >= 0.3 is 29.6 Å². The summed E-state index contributed by atoms with van der Waals surface area (Å²) in [6.07, 6.45) is 0.584. The third-order valence-corrected chi connectivity index (χ3v) is 4.45. The number of terminal acetylenes is 1. The fourth-order valence-electron chi connectivity index (χ4n) is 3.37. The van der Waals surface area contributed by atoms with Crippen molar-refractivity contribution in [3.05, 3.63) is 33.1 Å². The average Bonchev–Trinajstić information content (AvgIpc) is 2.98. The number of esters is 4. The number of aromatic nitrogens is 2. The van der Waals surface area contributed by atoms with Crippen molar-refractivity contribution in [2.75, 3.05) is 6.61 Å². The first-order valence-electron chi connectivity index (χ1n) is 9.53. The van der Waals surface area contributed by atoms with Gasteiger partial charge in [-0.1, -0.05) is 5.92 Å². The van der Waals surface area contributed by atoms with E-state index in [0.29, 0.717) is 0 Å². The van der Waals surface area contributed by atoms with Gasteiger partial charge in [-0.2, -0.15) is 0 Å². The lowest BCUT2D eigenvalue weighted by Crippen LogP contribution is -2.57. The molecule has 1 N–H and O–H groups in total. The molecule has 0 bridgehead atoms. The molecular weight excluding hydrogens is 444 g/mol. The normalized spacial score (nSPS) is 24.8. The lowest BCUT2D eigenvalue weighted by molar-refractivity contribution is -0.187. The van der Waals surface area contributed by atoms with Gasteiger partial charge in [-0.3, -0.25) is 33.5 Å². The predicted molar refractivity (Wildman–Crippen MR) is 106 cm³/mol. The smallest absolute Gasteiger partial charge is 0.330 e. The highest BCUT2D eigenvalue weighted by molar-refractivity contribution is 5.69. The summed E-state index contributed by atoms with van der Waals surface area (Å²) in [6, 6.07) is 0.995. The van der Waals surface area contributed by atoms with E-state index >= 15 is 0 Å². The van der Waals surface area contributed by atoms with Crippen LogP contribution in [0.15, 0.2) is 21.9 Å². The van der Waals surface area contributed by atoms with Crippen LogP contribution in [0.2, 0.25) is 0 Å². The summed E-state index contributed by atoms with van der Waals surface area (Å²) in [7, 11) is 0. The maximum absolute atomic E-state index is 12.4. The molecule has 13 heteroatoms. The number of hydrogen-bond acceptors (Lipinski definition) is 11. The minimum atomic E-state index is -2.22. The molecule has 2 rings (SSSR count). The first-order chi connectivity index (χ1) is 15.4. The fraction of sp³-hybridized carbons (Fsp3) is 0.500. The first-order valence-corrected chi connectivity index (χ1v) is 9.53. The van der Waals surface area contributed by atoms with E-state index in [-0.39, 0.29) is 0 Å². The van der Waals surface area contributed by atoms with Crippen LogP contribution in [0, 0.1) is 12.3 Å². The second-order valence-electron chi connectivity index (χ2n) is 6.98. The molecule has 0 unspecified atom stereocenters. The summed E-state index contributed by atoms with van der Waals surface area (Å²) in [5, 5.41) is 0. The van der Waals surface area contributed by atoms with Crippen molar-refractivity contribution in [1.82, 2.24) is 9.55 Å². The van der Waals surface area contributed by atoms with E-state index in [4.69, 9.17) is 30.1 Å². The van der Waals surface area contributed by atoms with Crippen molar-refractivity contribution in [3.8, 4) is 12.3 Å². The molecule has 0 aromatic carbocycles. The highest BCUT2D eigenvalue weighted by Crippen LogP contribution is 2.43. The Labute approximate surface area is 186 Å². The van der Waals surface area contributed by atoms with Crippen molar-refractivity contribution in [2.45, 2.75) is 57.8 Å². The topological polar surface area (TPSA) is 169 Å². The molecule has 178 valence electrons. The number of ether oxygens (including phenoxy) is 5. The van der Waals surface area contributed by atoms with E-state index < -0.39 is 71.9 Å². The Kier molecular flexibility index (Phi) is 7.78. The molecule has 13 nitrogen and oxygen atoms in total. The molecule has 0 amide bonds.